The summed E-state index contributed by atoms with van der Waals surface area (Å²) < 4.78 is 42.1. The molecule has 3 aromatic rings. The van der Waals surface area contributed by atoms with Crippen LogP contribution in [0.25, 0.3) is 0 Å². The van der Waals surface area contributed by atoms with Gasteiger partial charge in [0.2, 0.25) is 11.8 Å². The molecule has 0 unspecified atom stereocenters. The Morgan fingerprint density at radius 1 is 0.976 bits per heavy atom. The van der Waals surface area contributed by atoms with Crippen LogP contribution in [0.4, 0.5) is 10.1 Å². The molecule has 218 valence electrons. The summed E-state index contributed by atoms with van der Waals surface area (Å²) in [7, 11) is -4.28. The zero-order valence-corrected chi connectivity index (χ0v) is 24.9. The summed E-state index contributed by atoms with van der Waals surface area (Å²) in [5.74, 6) is -1.46. The smallest absolute Gasteiger partial charge is 0.264 e. The van der Waals surface area contributed by atoms with Crippen LogP contribution in [0.3, 0.4) is 0 Å². The van der Waals surface area contributed by atoms with Crippen LogP contribution in [0.1, 0.15) is 44.6 Å². The second-order valence-corrected chi connectivity index (χ2v) is 12.7. The molecule has 1 fully saturated rings. The Morgan fingerprint density at radius 3 is 2.24 bits per heavy atom. The van der Waals surface area contributed by atoms with Crippen LogP contribution < -0.4 is 9.62 Å². The number of anilines is 1. The van der Waals surface area contributed by atoms with Gasteiger partial charge in [-0.1, -0.05) is 67.2 Å². The molecule has 1 atom stereocenters. The Labute approximate surface area is 250 Å². The number of halogens is 3. The number of carbonyl (C=O) groups excluding carboxylic acids is 2. The lowest BCUT2D eigenvalue weighted by Crippen LogP contribution is -2.53. The molecule has 0 aliphatic heterocycles. The lowest BCUT2D eigenvalue weighted by Gasteiger charge is -2.33. The minimum Gasteiger partial charge on any atom is -0.352 e. The topological polar surface area (TPSA) is 86.8 Å². The van der Waals surface area contributed by atoms with Crippen LogP contribution in [0.5, 0.6) is 0 Å². The molecule has 0 spiro atoms. The van der Waals surface area contributed by atoms with E-state index in [1.807, 2.05) is 0 Å². The summed E-state index contributed by atoms with van der Waals surface area (Å²) in [4.78, 5) is 28.8. The maximum atomic E-state index is 14.1. The first-order valence-electron chi connectivity index (χ1n) is 13.5. The molecular formula is C30H32Cl2FN3O4S. The molecule has 0 radical (unpaired) electrons. The van der Waals surface area contributed by atoms with Crippen LogP contribution in [-0.2, 0) is 26.2 Å². The molecule has 3 aromatic carbocycles. The van der Waals surface area contributed by atoms with Gasteiger partial charge in [-0.3, -0.25) is 13.9 Å². The molecule has 0 aromatic heterocycles. The monoisotopic (exact) mass is 619 g/mol. The first kappa shape index (κ1) is 30.8. The average Bonchev–Trinajstić information content (AvgIpc) is 3.47. The van der Waals surface area contributed by atoms with Crippen molar-refractivity contribution in [2.75, 3.05) is 10.8 Å². The minimum absolute atomic E-state index is 0.00550. The number of para-hydroxylation sites is 1. The van der Waals surface area contributed by atoms with Gasteiger partial charge in [0.25, 0.3) is 10.0 Å². The first-order valence-corrected chi connectivity index (χ1v) is 15.7. The molecule has 1 N–H and O–H groups in total. The minimum atomic E-state index is -4.28. The van der Waals surface area contributed by atoms with Crippen molar-refractivity contribution in [1.82, 2.24) is 10.2 Å². The van der Waals surface area contributed by atoms with Gasteiger partial charge in [0.1, 0.15) is 18.4 Å². The Bertz CT molecular complexity index is 1470. The highest BCUT2D eigenvalue weighted by Crippen LogP contribution is 2.27. The Hall–Kier alpha value is -3.14. The van der Waals surface area contributed by atoms with Crippen molar-refractivity contribution in [3.05, 3.63) is 94.2 Å². The van der Waals surface area contributed by atoms with Crippen molar-refractivity contribution in [2.45, 2.75) is 62.6 Å². The number of benzene rings is 3. The Kier molecular flexibility index (Phi) is 10.3. The van der Waals surface area contributed by atoms with E-state index in [0.29, 0.717) is 22.0 Å². The second-order valence-electron chi connectivity index (χ2n) is 9.99. The molecule has 11 heteroatoms. The molecule has 2 amide bonds. The third-order valence-electron chi connectivity index (χ3n) is 7.15. The normalized spacial score (nSPS) is 14.4. The van der Waals surface area contributed by atoms with Crippen molar-refractivity contribution in [2.24, 2.45) is 0 Å². The predicted octanol–water partition coefficient (Wildman–Crippen LogP) is 6.19. The largest absolute Gasteiger partial charge is 0.352 e. The molecule has 0 heterocycles. The molecule has 1 saturated carbocycles. The van der Waals surface area contributed by atoms with Crippen LogP contribution in [0, 0.1) is 5.82 Å². The number of nitrogens with zero attached hydrogens (tertiary/aromatic N) is 2. The summed E-state index contributed by atoms with van der Waals surface area (Å²) in [6, 6.07) is 16.7. The lowest BCUT2D eigenvalue weighted by atomic mass is 10.1. The van der Waals surface area contributed by atoms with E-state index in [-0.39, 0.29) is 29.1 Å². The number of amides is 2. The van der Waals surface area contributed by atoms with Gasteiger partial charge in [0.15, 0.2) is 0 Å². The maximum absolute atomic E-state index is 14.1. The van der Waals surface area contributed by atoms with E-state index in [9.17, 15) is 22.4 Å². The fraction of sp³-hybridized carbons (Fsp3) is 0.333. The number of hydrogen-bond acceptors (Lipinski definition) is 4. The third kappa shape index (κ3) is 7.58. The quantitative estimate of drug-likeness (QED) is 0.277. The standard InChI is InChI=1S/C30H32Cl2FN3O4S/c1-2-28(30(38)34-23-8-6-7-9-23)35(19-21-12-17-26(31)27(32)18-21)29(37)20-36(24-10-4-3-5-11-24)41(39,40)25-15-13-22(33)14-16-25/h3-5,10-18,23,28H,2,6-9,19-20H2,1H3,(H,34,38)/t28-/m0/s1. The van der Waals surface area contributed by atoms with Gasteiger partial charge in [-0.25, -0.2) is 12.8 Å². The zero-order valence-electron chi connectivity index (χ0n) is 22.6. The first-order chi connectivity index (χ1) is 19.6. The highest BCUT2D eigenvalue weighted by Gasteiger charge is 2.34. The van der Waals surface area contributed by atoms with Gasteiger partial charge >= 0.3 is 0 Å². The van der Waals surface area contributed by atoms with Crippen LogP contribution in [-0.4, -0.2) is 43.8 Å². The summed E-state index contributed by atoms with van der Waals surface area (Å²) in [5, 5.41) is 3.71. The number of rotatable bonds is 11. The van der Waals surface area contributed by atoms with E-state index in [2.05, 4.69) is 5.32 Å². The molecule has 7 nitrogen and oxygen atoms in total. The predicted molar refractivity (Wildman–Crippen MR) is 159 cm³/mol. The number of sulfonamides is 1. The summed E-state index contributed by atoms with van der Waals surface area (Å²) in [6.45, 7) is 1.22. The average molecular weight is 621 g/mol. The van der Waals surface area contributed by atoms with Gasteiger partial charge in [-0.05, 0) is 73.4 Å². The second kappa shape index (κ2) is 13.7. The number of carbonyl (C=O) groups is 2. The van der Waals surface area contributed by atoms with Crippen LogP contribution in [0.15, 0.2) is 77.7 Å². The molecule has 0 saturated heterocycles. The van der Waals surface area contributed by atoms with Gasteiger partial charge in [0.05, 0.1) is 20.6 Å². The van der Waals surface area contributed by atoms with Crippen molar-refractivity contribution in [3.8, 4) is 0 Å². The fourth-order valence-corrected chi connectivity index (χ4v) is 6.71. The van der Waals surface area contributed by atoms with Crippen molar-refractivity contribution >= 4 is 50.7 Å². The van der Waals surface area contributed by atoms with E-state index in [1.54, 1.807) is 55.5 Å². The summed E-state index contributed by atoms with van der Waals surface area (Å²) in [6.07, 6.45) is 4.12. The van der Waals surface area contributed by atoms with Crippen LogP contribution in [0.2, 0.25) is 10.0 Å². The molecule has 4 rings (SSSR count). The summed E-state index contributed by atoms with van der Waals surface area (Å²) >= 11 is 12.3. The lowest BCUT2D eigenvalue weighted by molar-refractivity contribution is -0.140. The van der Waals surface area contributed by atoms with E-state index >= 15 is 0 Å². The van der Waals surface area contributed by atoms with E-state index in [1.165, 1.54) is 4.90 Å². The summed E-state index contributed by atoms with van der Waals surface area (Å²) in [5.41, 5.74) is 0.885. The molecule has 1 aliphatic rings. The van der Waals surface area contributed by atoms with Crippen molar-refractivity contribution in [1.29, 1.82) is 0 Å². The van der Waals surface area contributed by atoms with Crippen LogP contribution >= 0.6 is 23.2 Å². The van der Waals surface area contributed by atoms with Gasteiger partial charge in [-0.2, -0.15) is 0 Å². The third-order valence-corrected chi connectivity index (χ3v) is 9.68. The van der Waals surface area contributed by atoms with Crippen molar-refractivity contribution in [3.63, 3.8) is 0 Å². The Balaban J connectivity index is 1.70. The molecule has 1 aliphatic carbocycles. The SMILES string of the molecule is CC[C@@H](C(=O)NC1CCCC1)N(Cc1ccc(Cl)c(Cl)c1)C(=O)CN(c1ccccc1)S(=O)(=O)c1ccc(F)cc1. The van der Waals surface area contributed by atoms with E-state index in [4.69, 9.17) is 23.2 Å². The number of hydrogen-bond donors (Lipinski definition) is 1. The molecule has 41 heavy (non-hydrogen) atoms. The molecular weight excluding hydrogens is 588 g/mol. The van der Waals surface area contributed by atoms with Gasteiger partial charge in [-0.15, -0.1) is 0 Å². The Morgan fingerprint density at radius 2 is 1.63 bits per heavy atom. The highest BCUT2D eigenvalue weighted by atomic mass is 35.5. The number of nitrogens with one attached hydrogen (secondary N) is 1. The fourth-order valence-electron chi connectivity index (χ4n) is 4.98. The molecule has 0 bridgehead atoms. The maximum Gasteiger partial charge on any atom is 0.264 e. The zero-order chi connectivity index (χ0) is 29.6. The highest BCUT2D eigenvalue weighted by molar-refractivity contribution is 7.92. The van der Waals surface area contributed by atoms with Crippen molar-refractivity contribution < 1.29 is 22.4 Å². The van der Waals surface area contributed by atoms with Gasteiger partial charge in [0, 0.05) is 12.6 Å². The van der Waals surface area contributed by atoms with E-state index in [0.717, 1.165) is 54.3 Å². The van der Waals surface area contributed by atoms with E-state index < -0.39 is 34.3 Å². The van der Waals surface area contributed by atoms with Gasteiger partial charge < -0.3 is 10.2 Å².